The van der Waals surface area contributed by atoms with Crippen molar-refractivity contribution in [2.24, 2.45) is 4.99 Å². The van der Waals surface area contributed by atoms with Gasteiger partial charge in [0, 0.05) is 19.7 Å². The number of ether oxygens (including phenoxy) is 2. The van der Waals surface area contributed by atoms with Gasteiger partial charge in [-0.25, -0.2) is 4.99 Å². The number of unbranched alkanes of at least 4 members (excludes halogenated alkanes) is 1. The quantitative estimate of drug-likeness (QED) is 0.173. The van der Waals surface area contributed by atoms with E-state index >= 15 is 0 Å². The number of hydrogen-bond donors (Lipinski definition) is 3. The molecule has 8 heteroatoms. The Morgan fingerprint density at radius 2 is 1.92 bits per heavy atom. The van der Waals surface area contributed by atoms with Gasteiger partial charge < -0.3 is 29.6 Å². The molecule has 1 unspecified atom stereocenters. The summed E-state index contributed by atoms with van der Waals surface area (Å²) in [5, 5.41) is 16.8. The Labute approximate surface area is 173 Å². The molecule has 0 bridgehead atoms. The van der Waals surface area contributed by atoms with E-state index in [2.05, 4.69) is 22.5 Å². The van der Waals surface area contributed by atoms with Crippen LogP contribution in [0.4, 0.5) is 0 Å². The second kappa shape index (κ2) is 15.2. The van der Waals surface area contributed by atoms with Gasteiger partial charge >= 0.3 is 0 Å². The molecule has 7 nitrogen and oxygen atoms in total. The van der Waals surface area contributed by atoms with Crippen molar-refractivity contribution in [3.05, 3.63) is 24.2 Å². The Bertz CT molecular complexity index is 467. The number of aliphatic imine (C=N–C) groups is 1. The number of nitrogens with one attached hydrogen (secondary N) is 2. The monoisotopic (exact) mass is 483 g/mol. The smallest absolute Gasteiger partial charge is 0.191 e. The molecule has 0 aromatic carbocycles. The lowest BCUT2D eigenvalue weighted by atomic mass is 10.0. The van der Waals surface area contributed by atoms with Gasteiger partial charge in [-0.1, -0.05) is 13.3 Å². The van der Waals surface area contributed by atoms with E-state index in [-0.39, 0.29) is 30.5 Å². The SMILES string of the molecule is CCCCOCCOCCNC(=NCC(C)(O)c1ccco1)NCC.I. The molecular formula is C18H34IN3O4. The highest BCUT2D eigenvalue weighted by atomic mass is 127. The first kappa shape index (κ1) is 25.2. The van der Waals surface area contributed by atoms with Gasteiger partial charge in [0.2, 0.25) is 0 Å². The summed E-state index contributed by atoms with van der Waals surface area (Å²) in [7, 11) is 0. The minimum absolute atomic E-state index is 0. The van der Waals surface area contributed by atoms with Crippen LogP contribution in [0.25, 0.3) is 0 Å². The Kier molecular flexibility index (Phi) is 14.7. The van der Waals surface area contributed by atoms with Crippen LogP contribution >= 0.6 is 24.0 Å². The molecule has 0 saturated carbocycles. The first-order valence-corrected chi connectivity index (χ1v) is 9.04. The van der Waals surface area contributed by atoms with Crippen LogP contribution in [0.1, 0.15) is 39.4 Å². The Hall–Kier alpha value is -0.840. The van der Waals surface area contributed by atoms with Gasteiger partial charge in [0.25, 0.3) is 0 Å². The van der Waals surface area contributed by atoms with E-state index in [1.807, 2.05) is 6.92 Å². The Morgan fingerprint density at radius 1 is 1.19 bits per heavy atom. The van der Waals surface area contributed by atoms with Gasteiger partial charge in [0.15, 0.2) is 5.96 Å². The molecule has 152 valence electrons. The van der Waals surface area contributed by atoms with Gasteiger partial charge in [-0.15, -0.1) is 24.0 Å². The summed E-state index contributed by atoms with van der Waals surface area (Å²) in [6, 6.07) is 3.49. The second-order valence-electron chi connectivity index (χ2n) is 5.95. The normalized spacial score (nSPS) is 13.8. The van der Waals surface area contributed by atoms with Gasteiger partial charge in [-0.05, 0) is 32.4 Å². The van der Waals surface area contributed by atoms with Gasteiger partial charge in [0.1, 0.15) is 11.4 Å². The highest BCUT2D eigenvalue weighted by Gasteiger charge is 2.25. The number of aliphatic hydroxyl groups is 1. The maximum Gasteiger partial charge on any atom is 0.191 e. The first-order chi connectivity index (χ1) is 12.1. The highest BCUT2D eigenvalue weighted by molar-refractivity contribution is 14.0. The van der Waals surface area contributed by atoms with Gasteiger partial charge in [-0.3, -0.25) is 0 Å². The number of guanidine groups is 1. The van der Waals surface area contributed by atoms with Crippen molar-refractivity contribution in [2.45, 2.75) is 39.2 Å². The fourth-order valence-electron chi connectivity index (χ4n) is 2.05. The number of hydrogen-bond acceptors (Lipinski definition) is 5. The summed E-state index contributed by atoms with van der Waals surface area (Å²) < 4.78 is 16.2. The molecule has 1 rings (SSSR count). The van der Waals surface area contributed by atoms with Crippen molar-refractivity contribution in [3.8, 4) is 0 Å². The largest absolute Gasteiger partial charge is 0.466 e. The van der Waals surface area contributed by atoms with E-state index in [9.17, 15) is 5.11 Å². The predicted molar refractivity (Wildman–Crippen MR) is 114 cm³/mol. The molecule has 0 saturated heterocycles. The van der Waals surface area contributed by atoms with Crippen molar-refractivity contribution in [1.29, 1.82) is 0 Å². The van der Waals surface area contributed by atoms with Crippen LogP contribution in [-0.4, -0.2) is 57.1 Å². The number of nitrogens with zero attached hydrogens (tertiary/aromatic N) is 1. The second-order valence-corrected chi connectivity index (χ2v) is 5.95. The van der Waals surface area contributed by atoms with E-state index in [0.29, 0.717) is 38.1 Å². The predicted octanol–water partition coefficient (Wildman–Crippen LogP) is 2.49. The summed E-state index contributed by atoms with van der Waals surface area (Å²) >= 11 is 0. The van der Waals surface area contributed by atoms with Crippen molar-refractivity contribution in [3.63, 3.8) is 0 Å². The van der Waals surface area contributed by atoms with Crippen molar-refractivity contribution < 1.29 is 19.0 Å². The summed E-state index contributed by atoms with van der Waals surface area (Å²) in [4.78, 5) is 4.41. The van der Waals surface area contributed by atoms with Crippen molar-refractivity contribution in [1.82, 2.24) is 10.6 Å². The molecule has 3 N–H and O–H groups in total. The van der Waals surface area contributed by atoms with Crippen molar-refractivity contribution in [2.75, 3.05) is 46.1 Å². The summed E-state index contributed by atoms with van der Waals surface area (Å²) in [6.45, 7) is 9.95. The van der Waals surface area contributed by atoms with Crippen LogP contribution in [-0.2, 0) is 15.1 Å². The maximum atomic E-state index is 10.4. The lowest BCUT2D eigenvalue weighted by molar-refractivity contribution is 0.0435. The number of rotatable bonds is 13. The molecule has 0 aliphatic heterocycles. The molecule has 0 radical (unpaired) electrons. The summed E-state index contributed by atoms with van der Waals surface area (Å²) in [5.41, 5.74) is -1.14. The lowest BCUT2D eigenvalue weighted by Gasteiger charge is -2.19. The average Bonchev–Trinajstić information content (AvgIpc) is 3.13. The molecule has 1 heterocycles. The lowest BCUT2D eigenvalue weighted by Crippen LogP contribution is -2.40. The van der Waals surface area contributed by atoms with E-state index in [0.717, 1.165) is 26.0 Å². The van der Waals surface area contributed by atoms with Gasteiger partial charge in [-0.2, -0.15) is 0 Å². The molecule has 0 aliphatic rings. The maximum absolute atomic E-state index is 10.4. The highest BCUT2D eigenvalue weighted by Crippen LogP contribution is 2.20. The fraction of sp³-hybridized carbons (Fsp3) is 0.722. The van der Waals surface area contributed by atoms with E-state index < -0.39 is 5.60 Å². The van der Waals surface area contributed by atoms with E-state index in [4.69, 9.17) is 13.9 Å². The van der Waals surface area contributed by atoms with Gasteiger partial charge in [0.05, 0.1) is 32.6 Å². The molecule has 26 heavy (non-hydrogen) atoms. The molecule has 0 aliphatic carbocycles. The van der Waals surface area contributed by atoms with E-state index in [1.54, 1.807) is 25.3 Å². The molecule has 1 atom stereocenters. The zero-order valence-corrected chi connectivity index (χ0v) is 18.5. The minimum atomic E-state index is -1.14. The first-order valence-electron chi connectivity index (χ1n) is 9.04. The van der Waals surface area contributed by atoms with Crippen LogP contribution in [0.2, 0.25) is 0 Å². The molecule has 0 fully saturated rings. The zero-order valence-electron chi connectivity index (χ0n) is 16.1. The van der Waals surface area contributed by atoms with Crippen LogP contribution in [0, 0.1) is 0 Å². The molecule has 0 spiro atoms. The average molecular weight is 483 g/mol. The van der Waals surface area contributed by atoms with Crippen LogP contribution in [0.15, 0.2) is 27.8 Å². The van der Waals surface area contributed by atoms with Crippen LogP contribution in [0.3, 0.4) is 0 Å². The molecule has 1 aromatic rings. The third-order valence-corrected chi connectivity index (χ3v) is 3.49. The summed E-state index contributed by atoms with van der Waals surface area (Å²) in [6.07, 6.45) is 3.77. The van der Waals surface area contributed by atoms with E-state index in [1.165, 1.54) is 0 Å². The van der Waals surface area contributed by atoms with Crippen LogP contribution < -0.4 is 10.6 Å². The Morgan fingerprint density at radius 3 is 2.54 bits per heavy atom. The third-order valence-electron chi connectivity index (χ3n) is 3.49. The Balaban J connectivity index is 0.00000625. The topological polar surface area (TPSA) is 88.2 Å². The summed E-state index contributed by atoms with van der Waals surface area (Å²) in [5.74, 6) is 1.13. The fourth-order valence-corrected chi connectivity index (χ4v) is 2.05. The zero-order chi connectivity index (χ0) is 18.4. The third kappa shape index (κ3) is 11.0. The molecular weight excluding hydrogens is 449 g/mol. The van der Waals surface area contributed by atoms with Crippen molar-refractivity contribution >= 4 is 29.9 Å². The minimum Gasteiger partial charge on any atom is -0.466 e. The number of furan rings is 1. The standard InChI is InChI=1S/C18H33N3O4.HI/c1-4-6-10-23-13-14-24-12-9-20-17(19-5-2)21-15-18(3,22)16-8-7-11-25-16;/h7-8,11,22H,4-6,9-10,12-15H2,1-3H3,(H2,19,20,21);1H. The number of halogens is 1. The molecule has 1 aromatic heterocycles. The van der Waals surface area contributed by atoms with Crippen LogP contribution in [0.5, 0.6) is 0 Å². The molecule has 0 amide bonds.